The fourth-order valence-electron chi connectivity index (χ4n) is 2.02. The third kappa shape index (κ3) is 3.98. The number of hydrogen-bond donors (Lipinski definition) is 1. The second kappa shape index (κ2) is 7.38. The number of amides is 1. The maximum Gasteiger partial charge on any atom is 0.322 e. The summed E-state index contributed by atoms with van der Waals surface area (Å²) in [4.78, 5) is 22.0. The zero-order chi connectivity index (χ0) is 18.5. The van der Waals surface area contributed by atoms with Crippen LogP contribution in [0, 0.1) is 15.9 Å². The van der Waals surface area contributed by atoms with Crippen LogP contribution in [-0.4, -0.2) is 27.6 Å². The Labute approximate surface area is 145 Å². The number of rotatable bonds is 6. The van der Waals surface area contributed by atoms with Crippen molar-refractivity contribution in [3.8, 4) is 17.2 Å². The van der Waals surface area contributed by atoms with Crippen LogP contribution in [0.1, 0.15) is 0 Å². The first-order valence-electron chi connectivity index (χ1n) is 7.28. The van der Waals surface area contributed by atoms with Crippen LogP contribution >= 0.6 is 0 Å². The van der Waals surface area contributed by atoms with Gasteiger partial charge in [-0.1, -0.05) is 23.3 Å². The number of nitro groups is 1. The third-order valence-corrected chi connectivity index (χ3v) is 3.17. The lowest BCUT2D eigenvalue weighted by atomic mass is 10.2. The normalized spacial score (nSPS) is 10.3. The van der Waals surface area contributed by atoms with Gasteiger partial charge >= 0.3 is 11.7 Å². The molecule has 0 saturated heterocycles. The Bertz CT molecular complexity index is 945. The van der Waals surface area contributed by atoms with E-state index in [1.807, 2.05) is 6.07 Å². The number of halogens is 1. The summed E-state index contributed by atoms with van der Waals surface area (Å²) in [6.45, 7) is -0.604. The maximum absolute atomic E-state index is 13.2. The topological polar surface area (TPSA) is 120 Å². The molecule has 10 heteroatoms. The van der Waals surface area contributed by atoms with Gasteiger partial charge in [-0.15, -0.1) is 5.10 Å². The summed E-state index contributed by atoms with van der Waals surface area (Å²) >= 11 is 0. The first-order valence-corrected chi connectivity index (χ1v) is 7.28. The van der Waals surface area contributed by atoms with E-state index in [-0.39, 0.29) is 17.7 Å². The number of aromatic nitrogens is 2. The standard InChI is InChI=1S/C16H11FN4O5/c17-11-6-7-12(21(23)24)13(8-11)25-9-14(22)18-16-20-19-15(26-16)10-4-2-1-3-5-10/h1-8H,9H2,(H,18,20,22). The Balaban J connectivity index is 1.63. The minimum Gasteiger partial charge on any atom is -0.477 e. The van der Waals surface area contributed by atoms with Gasteiger partial charge in [-0.3, -0.25) is 20.2 Å². The van der Waals surface area contributed by atoms with Crippen molar-refractivity contribution in [1.29, 1.82) is 0 Å². The monoisotopic (exact) mass is 358 g/mol. The van der Waals surface area contributed by atoms with E-state index in [2.05, 4.69) is 15.5 Å². The molecule has 0 aliphatic carbocycles. The van der Waals surface area contributed by atoms with E-state index in [1.165, 1.54) is 0 Å². The molecule has 0 saturated carbocycles. The molecular formula is C16H11FN4O5. The Hall–Kier alpha value is -3.82. The van der Waals surface area contributed by atoms with E-state index in [0.717, 1.165) is 18.2 Å². The summed E-state index contributed by atoms with van der Waals surface area (Å²) < 4.78 is 23.5. The predicted octanol–water partition coefficient (Wildman–Crippen LogP) is 2.80. The number of ether oxygens (including phenoxy) is 1. The molecule has 1 amide bonds. The average Bonchev–Trinajstić information content (AvgIpc) is 3.09. The number of anilines is 1. The fourth-order valence-corrected chi connectivity index (χ4v) is 2.02. The molecule has 0 spiro atoms. The quantitative estimate of drug-likeness (QED) is 0.531. The van der Waals surface area contributed by atoms with E-state index in [9.17, 15) is 19.3 Å². The summed E-state index contributed by atoms with van der Waals surface area (Å²) in [6, 6.07) is 11.5. The lowest BCUT2D eigenvalue weighted by molar-refractivity contribution is -0.385. The molecule has 132 valence electrons. The van der Waals surface area contributed by atoms with E-state index in [4.69, 9.17) is 9.15 Å². The Morgan fingerprint density at radius 3 is 2.73 bits per heavy atom. The molecular weight excluding hydrogens is 347 g/mol. The molecule has 0 atom stereocenters. The molecule has 1 aromatic heterocycles. The molecule has 0 unspecified atom stereocenters. The average molecular weight is 358 g/mol. The van der Waals surface area contributed by atoms with Crippen molar-refractivity contribution in [3.05, 3.63) is 64.5 Å². The minimum atomic E-state index is -0.739. The summed E-state index contributed by atoms with van der Waals surface area (Å²) in [5.41, 5.74) is 0.218. The number of benzene rings is 2. The van der Waals surface area contributed by atoms with Crippen molar-refractivity contribution in [2.45, 2.75) is 0 Å². The van der Waals surface area contributed by atoms with Gasteiger partial charge in [0.2, 0.25) is 11.6 Å². The molecule has 2 aromatic carbocycles. The molecule has 9 nitrogen and oxygen atoms in total. The maximum atomic E-state index is 13.2. The number of carbonyl (C=O) groups excluding carboxylic acids is 1. The molecule has 26 heavy (non-hydrogen) atoms. The van der Waals surface area contributed by atoms with Gasteiger partial charge in [0.05, 0.1) is 4.92 Å². The highest BCUT2D eigenvalue weighted by molar-refractivity contribution is 5.89. The van der Waals surface area contributed by atoms with Gasteiger partial charge in [-0.2, -0.15) is 0 Å². The van der Waals surface area contributed by atoms with Crippen molar-refractivity contribution in [2.24, 2.45) is 0 Å². The molecule has 1 heterocycles. The van der Waals surface area contributed by atoms with Crippen LogP contribution in [0.3, 0.4) is 0 Å². The molecule has 1 N–H and O–H groups in total. The van der Waals surface area contributed by atoms with Crippen LogP contribution in [0.2, 0.25) is 0 Å². The number of nitrogens with one attached hydrogen (secondary N) is 1. The largest absolute Gasteiger partial charge is 0.477 e. The van der Waals surface area contributed by atoms with Crippen molar-refractivity contribution >= 4 is 17.6 Å². The SMILES string of the molecule is O=C(COc1cc(F)ccc1[N+](=O)[O-])Nc1nnc(-c2ccccc2)o1. The lowest BCUT2D eigenvalue weighted by Gasteiger charge is -2.06. The van der Waals surface area contributed by atoms with Crippen molar-refractivity contribution in [3.63, 3.8) is 0 Å². The van der Waals surface area contributed by atoms with E-state index in [0.29, 0.717) is 5.56 Å². The lowest BCUT2D eigenvalue weighted by Crippen LogP contribution is -2.20. The van der Waals surface area contributed by atoms with Crippen molar-refractivity contribution < 1.29 is 23.3 Å². The van der Waals surface area contributed by atoms with Crippen LogP contribution < -0.4 is 10.1 Å². The zero-order valence-corrected chi connectivity index (χ0v) is 13.1. The Morgan fingerprint density at radius 2 is 2.00 bits per heavy atom. The Kier molecular flexibility index (Phi) is 4.83. The number of nitrogens with zero attached hydrogens (tertiary/aromatic N) is 3. The molecule has 0 radical (unpaired) electrons. The van der Waals surface area contributed by atoms with Gasteiger partial charge in [0.15, 0.2) is 6.61 Å². The van der Waals surface area contributed by atoms with Gasteiger partial charge in [0.1, 0.15) is 5.82 Å². The van der Waals surface area contributed by atoms with Gasteiger partial charge in [0, 0.05) is 17.7 Å². The fraction of sp³-hybridized carbons (Fsp3) is 0.0625. The summed E-state index contributed by atoms with van der Waals surface area (Å²) in [5, 5.41) is 20.6. The van der Waals surface area contributed by atoms with Crippen molar-refractivity contribution in [2.75, 3.05) is 11.9 Å². The molecule has 0 bridgehead atoms. The van der Waals surface area contributed by atoms with E-state index in [1.54, 1.807) is 24.3 Å². The minimum absolute atomic E-state index is 0.161. The number of hydrogen-bond acceptors (Lipinski definition) is 7. The second-order valence-electron chi connectivity index (χ2n) is 4.98. The van der Waals surface area contributed by atoms with Gasteiger partial charge in [0.25, 0.3) is 5.91 Å². The van der Waals surface area contributed by atoms with Crippen LogP contribution in [0.4, 0.5) is 16.1 Å². The molecule has 3 rings (SSSR count). The van der Waals surface area contributed by atoms with Crippen LogP contribution in [0.15, 0.2) is 52.9 Å². The molecule has 0 fully saturated rings. The summed E-state index contributed by atoms with van der Waals surface area (Å²) in [6.07, 6.45) is 0. The Morgan fingerprint density at radius 1 is 1.23 bits per heavy atom. The van der Waals surface area contributed by atoms with Gasteiger partial charge in [-0.25, -0.2) is 4.39 Å². The second-order valence-corrected chi connectivity index (χ2v) is 4.98. The van der Waals surface area contributed by atoms with Crippen LogP contribution in [-0.2, 0) is 4.79 Å². The smallest absolute Gasteiger partial charge is 0.322 e. The van der Waals surface area contributed by atoms with Gasteiger partial charge in [-0.05, 0) is 18.2 Å². The number of nitro benzene ring substituents is 1. The van der Waals surface area contributed by atoms with Crippen molar-refractivity contribution in [1.82, 2.24) is 10.2 Å². The predicted molar refractivity (Wildman–Crippen MR) is 86.9 cm³/mol. The zero-order valence-electron chi connectivity index (χ0n) is 13.1. The molecule has 0 aliphatic heterocycles. The summed E-state index contributed by atoms with van der Waals surface area (Å²) in [5.74, 6) is -1.58. The van der Waals surface area contributed by atoms with Gasteiger partial charge < -0.3 is 9.15 Å². The molecule has 0 aliphatic rings. The highest BCUT2D eigenvalue weighted by Gasteiger charge is 2.18. The summed E-state index contributed by atoms with van der Waals surface area (Å²) in [7, 11) is 0. The van der Waals surface area contributed by atoms with E-state index >= 15 is 0 Å². The highest BCUT2D eigenvalue weighted by Crippen LogP contribution is 2.27. The first kappa shape index (κ1) is 17.0. The first-order chi connectivity index (χ1) is 12.5. The number of carbonyl (C=O) groups is 1. The van der Waals surface area contributed by atoms with Crippen LogP contribution in [0.25, 0.3) is 11.5 Å². The third-order valence-electron chi connectivity index (χ3n) is 3.17. The van der Waals surface area contributed by atoms with Crippen LogP contribution in [0.5, 0.6) is 5.75 Å². The highest BCUT2D eigenvalue weighted by atomic mass is 19.1. The van der Waals surface area contributed by atoms with E-state index < -0.39 is 28.9 Å². The molecule has 3 aromatic rings.